The molecule has 0 bridgehead atoms. The van der Waals surface area contributed by atoms with E-state index in [9.17, 15) is 4.79 Å². The van der Waals surface area contributed by atoms with Crippen LogP contribution in [0.25, 0.3) is 0 Å². The molecular weight excluding hydrogens is 166 g/mol. The average Bonchev–Trinajstić information content (AvgIpc) is 2.55. The lowest BCUT2D eigenvalue weighted by Crippen LogP contribution is -2.29. The summed E-state index contributed by atoms with van der Waals surface area (Å²) in [7, 11) is 0. The van der Waals surface area contributed by atoms with Crippen LogP contribution >= 0.6 is 0 Å². The first-order chi connectivity index (χ1) is 6.29. The molecule has 72 valence electrons. The van der Waals surface area contributed by atoms with Gasteiger partial charge in [-0.1, -0.05) is 0 Å². The van der Waals surface area contributed by atoms with Gasteiger partial charge in [-0.25, -0.2) is 0 Å². The topological polar surface area (TPSA) is 56.9 Å². The van der Waals surface area contributed by atoms with Crippen LogP contribution < -0.4 is 10.6 Å². The molecule has 1 amide bonds. The summed E-state index contributed by atoms with van der Waals surface area (Å²) < 4.78 is 0. The van der Waals surface area contributed by atoms with Gasteiger partial charge < -0.3 is 15.6 Å². The molecule has 0 unspecified atom stereocenters. The number of hydrogen-bond donors (Lipinski definition) is 3. The van der Waals surface area contributed by atoms with Gasteiger partial charge in [-0.15, -0.1) is 0 Å². The summed E-state index contributed by atoms with van der Waals surface area (Å²) in [6.07, 6.45) is 1.89. The fourth-order valence-corrected chi connectivity index (χ4v) is 1.03. The van der Waals surface area contributed by atoms with Gasteiger partial charge in [0.15, 0.2) is 0 Å². The molecule has 1 aromatic heterocycles. The summed E-state index contributed by atoms with van der Waals surface area (Å²) in [5.74, 6) is 0.0154. The zero-order chi connectivity index (χ0) is 9.52. The van der Waals surface area contributed by atoms with Crippen LogP contribution in [0.15, 0.2) is 18.3 Å². The number of aromatic amines is 1. The maximum absolute atomic E-state index is 10.5. The van der Waals surface area contributed by atoms with Gasteiger partial charge in [0.2, 0.25) is 5.91 Å². The summed E-state index contributed by atoms with van der Waals surface area (Å²) in [5, 5.41) is 5.91. The number of hydrogen-bond acceptors (Lipinski definition) is 2. The predicted octanol–water partition coefficient (Wildman–Crippen LogP) is 0.240. The maximum atomic E-state index is 10.5. The highest BCUT2D eigenvalue weighted by Crippen LogP contribution is 1.91. The Morgan fingerprint density at radius 3 is 3.00 bits per heavy atom. The van der Waals surface area contributed by atoms with Crippen molar-refractivity contribution in [3.8, 4) is 0 Å². The smallest absolute Gasteiger partial charge is 0.216 e. The van der Waals surface area contributed by atoms with E-state index >= 15 is 0 Å². The molecule has 4 heteroatoms. The molecule has 0 atom stereocenters. The number of rotatable bonds is 5. The zero-order valence-corrected chi connectivity index (χ0v) is 7.76. The lowest BCUT2D eigenvalue weighted by molar-refractivity contribution is -0.118. The van der Waals surface area contributed by atoms with Gasteiger partial charge in [-0.3, -0.25) is 4.79 Å². The van der Waals surface area contributed by atoms with Gasteiger partial charge in [0.1, 0.15) is 0 Å². The number of aromatic nitrogens is 1. The van der Waals surface area contributed by atoms with E-state index in [0.29, 0.717) is 6.54 Å². The molecule has 0 saturated carbocycles. The van der Waals surface area contributed by atoms with Gasteiger partial charge in [-0.05, 0) is 12.1 Å². The second-order valence-corrected chi connectivity index (χ2v) is 2.86. The Labute approximate surface area is 77.7 Å². The van der Waals surface area contributed by atoms with Crippen molar-refractivity contribution < 1.29 is 4.79 Å². The Morgan fingerprint density at radius 2 is 2.38 bits per heavy atom. The molecule has 0 aliphatic carbocycles. The van der Waals surface area contributed by atoms with E-state index in [0.717, 1.165) is 18.8 Å². The number of carbonyl (C=O) groups excluding carboxylic acids is 1. The van der Waals surface area contributed by atoms with E-state index < -0.39 is 0 Å². The van der Waals surface area contributed by atoms with Crippen molar-refractivity contribution >= 4 is 5.91 Å². The van der Waals surface area contributed by atoms with E-state index in [-0.39, 0.29) is 5.91 Å². The van der Waals surface area contributed by atoms with Crippen molar-refractivity contribution in [1.82, 2.24) is 15.6 Å². The molecule has 13 heavy (non-hydrogen) atoms. The highest BCUT2D eigenvalue weighted by Gasteiger charge is 1.92. The molecule has 4 nitrogen and oxygen atoms in total. The van der Waals surface area contributed by atoms with Crippen LogP contribution in [0.3, 0.4) is 0 Å². The Balaban J connectivity index is 1.99. The fraction of sp³-hybridized carbons (Fsp3) is 0.444. The molecule has 1 heterocycles. The van der Waals surface area contributed by atoms with Crippen LogP contribution in [0.2, 0.25) is 0 Å². The minimum Gasteiger partial charge on any atom is -0.364 e. The average molecular weight is 181 g/mol. The van der Waals surface area contributed by atoms with Gasteiger partial charge in [0, 0.05) is 38.4 Å². The normalized spacial score (nSPS) is 9.92. The molecule has 0 radical (unpaired) electrons. The lowest BCUT2D eigenvalue weighted by Gasteiger charge is -2.03. The predicted molar refractivity (Wildman–Crippen MR) is 51.2 cm³/mol. The van der Waals surface area contributed by atoms with Crippen molar-refractivity contribution in [2.45, 2.75) is 13.5 Å². The Kier molecular flexibility index (Phi) is 4.05. The molecular formula is C9H15N3O. The molecule has 1 aromatic rings. The van der Waals surface area contributed by atoms with Crippen LogP contribution in [-0.4, -0.2) is 24.0 Å². The standard InChI is InChI=1S/C9H15N3O/c1-8(13)11-6-5-10-7-9-3-2-4-12-9/h2-4,10,12H,5-7H2,1H3,(H,11,13). The Bertz CT molecular complexity index is 243. The van der Waals surface area contributed by atoms with Crippen LogP contribution in [0.4, 0.5) is 0 Å². The lowest BCUT2D eigenvalue weighted by atomic mass is 10.4. The monoisotopic (exact) mass is 181 g/mol. The molecule has 1 rings (SSSR count). The number of carbonyl (C=O) groups is 1. The largest absolute Gasteiger partial charge is 0.364 e. The van der Waals surface area contributed by atoms with Crippen LogP contribution in [0, 0.1) is 0 Å². The molecule has 0 fully saturated rings. The summed E-state index contributed by atoms with van der Waals surface area (Å²) in [4.78, 5) is 13.6. The van der Waals surface area contributed by atoms with Gasteiger partial charge >= 0.3 is 0 Å². The number of nitrogens with one attached hydrogen (secondary N) is 3. The first kappa shape index (κ1) is 9.80. The first-order valence-electron chi connectivity index (χ1n) is 4.36. The van der Waals surface area contributed by atoms with Gasteiger partial charge in [0.05, 0.1) is 0 Å². The molecule has 0 aliphatic heterocycles. The van der Waals surface area contributed by atoms with Crippen molar-refractivity contribution in [3.63, 3.8) is 0 Å². The van der Waals surface area contributed by atoms with Gasteiger partial charge in [-0.2, -0.15) is 0 Å². The minimum atomic E-state index is 0.0154. The van der Waals surface area contributed by atoms with Crippen molar-refractivity contribution in [2.75, 3.05) is 13.1 Å². The number of amides is 1. The minimum absolute atomic E-state index is 0.0154. The highest BCUT2D eigenvalue weighted by molar-refractivity contribution is 5.72. The third-order valence-corrected chi connectivity index (χ3v) is 1.65. The van der Waals surface area contributed by atoms with Crippen molar-refractivity contribution in [1.29, 1.82) is 0 Å². The number of H-pyrrole nitrogens is 1. The van der Waals surface area contributed by atoms with E-state index in [1.54, 1.807) is 0 Å². The van der Waals surface area contributed by atoms with Crippen molar-refractivity contribution in [2.24, 2.45) is 0 Å². The highest BCUT2D eigenvalue weighted by atomic mass is 16.1. The van der Waals surface area contributed by atoms with Crippen LogP contribution in [0.5, 0.6) is 0 Å². The Hall–Kier alpha value is -1.29. The zero-order valence-electron chi connectivity index (χ0n) is 7.76. The van der Waals surface area contributed by atoms with E-state index in [1.165, 1.54) is 6.92 Å². The molecule has 0 aliphatic rings. The summed E-state index contributed by atoms with van der Waals surface area (Å²) in [5.41, 5.74) is 1.16. The third kappa shape index (κ3) is 4.32. The van der Waals surface area contributed by atoms with Crippen LogP contribution in [-0.2, 0) is 11.3 Å². The summed E-state index contributed by atoms with van der Waals surface area (Å²) >= 11 is 0. The van der Waals surface area contributed by atoms with E-state index in [2.05, 4.69) is 15.6 Å². The summed E-state index contributed by atoms with van der Waals surface area (Å²) in [6.45, 7) is 3.80. The van der Waals surface area contributed by atoms with Gasteiger partial charge in [0.25, 0.3) is 0 Å². The summed E-state index contributed by atoms with van der Waals surface area (Å²) in [6, 6.07) is 3.98. The Morgan fingerprint density at radius 1 is 1.54 bits per heavy atom. The SMILES string of the molecule is CC(=O)NCCNCc1ccc[nH]1. The van der Waals surface area contributed by atoms with Crippen LogP contribution in [0.1, 0.15) is 12.6 Å². The molecule has 3 N–H and O–H groups in total. The quantitative estimate of drug-likeness (QED) is 0.570. The maximum Gasteiger partial charge on any atom is 0.216 e. The van der Waals surface area contributed by atoms with E-state index in [4.69, 9.17) is 0 Å². The molecule has 0 aromatic carbocycles. The fourth-order valence-electron chi connectivity index (χ4n) is 1.03. The van der Waals surface area contributed by atoms with Crippen molar-refractivity contribution in [3.05, 3.63) is 24.0 Å². The van der Waals surface area contributed by atoms with E-state index in [1.807, 2.05) is 18.3 Å². The third-order valence-electron chi connectivity index (χ3n) is 1.65. The second-order valence-electron chi connectivity index (χ2n) is 2.86. The molecule has 0 spiro atoms. The second kappa shape index (κ2) is 5.37. The molecule has 0 saturated heterocycles. The first-order valence-corrected chi connectivity index (χ1v) is 4.36.